The summed E-state index contributed by atoms with van der Waals surface area (Å²) in [7, 11) is -9.94. The third-order valence-electron chi connectivity index (χ3n) is 19.1. The van der Waals surface area contributed by atoms with E-state index in [2.05, 4.69) is 72.8 Å². The van der Waals surface area contributed by atoms with Crippen LogP contribution in [0.3, 0.4) is 0 Å². The van der Waals surface area contributed by atoms with E-state index in [0.717, 1.165) is 121 Å². The molecule has 0 aromatic heterocycles. The summed E-state index contributed by atoms with van der Waals surface area (Å²) in [6.45, 7) is 11.9. The molecule has 0 aliphatic rings. The fourth-order valence-corrected chi connectivity index (χ4v) is 13.8. The van der Waals surface area contributed by atoms with Crippen LogP contribution in [0.15, 0.2) is 24.3 Å². The van der Waals surface area contributed by atoms with Gasteiger partial charge in [0.25, 0.3) is 0 Å². The number of unbranched alkanes of at least 4 members (excludes halogenated alkanes) is 43. The van der Waals surface area contributed by atoms with Gasteiger partial charge >= 0.3 is 39.5 Å². The van der Waals surface area contributed by atoms with Crippen molar-refractivity contribution in [2.24, 2.45) is 17.8 Å². The lowest BCUT2D eigenvalue weighted by molar-refractivity contribution is -0.161. The minimum Gasteiger partial charge on any atom is -0.462 e. The Bertz CT molecular complexity index is 2070. The zero-order chi connectivity index (χ0) is 75.1. The molecule has 0 saturated heterocycles. The number of hydrogen-bond acceptors (Lipinski definition) is 15. The first-order valence-electron chi connectivity index (χ1n) is 42.2. The number of carbonyl (C=O) groups excluding carboxylic acids is 4. The van der Waals surface area contributed by atoms with Crippen molar-refractivity contribution in [3.8, 4) is 0 Å². The molecule has 0 aromatic carbocycles. The number of aliphatic hydroxyl groups excluding tert-OH is 1. The number of rotatable bonds is 79. The van der Waals surface area contributed by atoms with Crippen molar-refractivity contribution in [2.75, 3.05) is 39.6 Å². The van der Waals surface area contributed by atoms with Crippen LogP contribution in [0.2, 0.25) is 0 Å². The van der Waals surface area contributed by atoms with E-state index in [9.17, 15) is 43.2 Å². The Balaban J connectivity index is 5.26. The first-order chi connectivity index (χ1) is 49.3. The Morgan fingerprint density at radius 2 is 0.578 bits per heavy atom. The van der Waals surface area contributed by atoms with Gasteiger partial charge in [-0.1, -0.05) is 355 Å². The normalized spacial score (nSPS) is 14.4. The standard InChI is InChI=1S/C83H158O17P2/c1-8-10-11-12-13-14-15-16-19-27-32-37-44-52-59-66-82(87)99-78(70-93-80(85)64-57-50-43-36-31-26-21-18-17-20-24-29-34-40-47-54-61-74(3)4)72-97-101(89,90)95-68-77(84)69-96-102(91,92)98-73-79(71-94-81(86)65-58-51-46-39-41-48-55-62-75(5)6)100-83(88)67-60-53-45-38-33-28-23-22-25-30-35-42-49-56-63-76(7)9-2/h14-16,19,74-79,84H,8-13,17-18,20-73H2,1-7H3,(H,89,90)(H,91,92)/b15-14-,19-16-/t76?,77?,78-,79-/m1/s1. The number of esters is 4. The fraction of sp³-hybridized carbons (Fsp3) is 0.904. The molecule has 3 N–H and O–H groups in total. The molecule has 0 rings (SSSR count). The van der Waals surface area contributed by atoms with Crippen LogP contribution in [0.5, 0.6) is 0 Å². The van der Waals surface area contributed by atoms with Crippen LogP contribution in [0.25, 0.3) is 0 Å². The molecule has 0 amide bonds. The topological polar surface area (TPSA) is 237 Å². The quantitative estimate of drug-likeness (QED) is 0.0169. The Kier molecular flexibility index (Phi) is 71.0. The average molecular weight is 1490 g/mol. The largest absolute Gasteiger partial charge is 0.472 e. The van der Waals surface area contributed by atoms with E-state index in [1.54, 1.807) is 0 Å². The molecule has 0 aromatic rings. The van der Waals surface area contributed by atoms with Gasteiger partial charge in [-0.05, 0) is 69.1 Å². The number of aliphatic hydroxyl groups is 1. The molecule has 0 saturated carbocycles. The minimum absolute atomic E-state index is 0.0852. The molecule has 0 fully saturated rings. The van der Waals surface area contributed by atoms with Gasteiger partial charge in [0.05, 0.1) is 26.4 Å². The van der Waals surface area contributed by atoms with Gasteiger partial charge in [-0.3, -0.25) is 37.3 Å². The molecule has 6 atom stereocenters. The molecule has 19 heteroatoms. The number of phosphoric acid groups is 2. The van der Waals surface area contributed by atoms with Crippen molar-refractivity contribution in [2.45, 2.75) is 426 Å². The van der Waals surface area contributed by atoms with Crippen molar-refractivity contribution >= 4 is 39.5 Å². The molecule has 0 aliphatic carbocycles. The van der Waals surface area contributed by atoms with E-state index in [1.807, 2.05) is 0 Å². The number of hydrogen-bond donors (Lipinski definition) is 3. The van der Waals surface area contributed by atoms with Gasteiger partial charge in [-0.15, -0.1) is 0 Å². The lowest BCUT2D eigenvalue weighted by atomic mass is 9.99. The highest BCUT2D eigenvalue weighted by Gasteiger charge is 2.30. The smallest absolute Gasteiger partial charge is 0.462 e. The van der Waals surface area contributed by atoms with Gasteiger partial charge in [0, 0.05) is 25.7 Å². The van der Waals surface area contributed by atoms with Crippen LogP contribution in [0.4, 0.5) is 0 Å². The highest BCUT2D eigenvalue weighted by atomic mass is 31.2. The van der Waals surface area contributed by atoms with Crippen molar-refractivity contribution in [3.05, 3.63) is 24.3 Å². The van der Waals surface area contributed by atoms with Crippen LogP contribution in [0.1, 0.15) is 408 Å². The van der Waals surface area contributed by atoms with Crippen LogP contribution < -0.4 is 0 Å². The molecule has 0 radical (unpaired) electrons. The molecule has 0 bridgehead atoms. The second-order valence-electron chi connectivity index (χ2n) is 30.4. The predicted octanol–water partition coefficient (Wildman–Crippen LogP) is 24.5. The maximum atomic E-state index is 13.1. The maximum absolute atomic E-state index is 13.1. The van der Waals surface area contributed by atoms with Crippen LogP contribution in [-0.4, -0.2) is 96.7 Å². The zero-order valence-electron chi connectivity index (χ0n) is 66.6. The zero-order valence-corrected chi connectivity index (χ0v) is 68.4. The minimum atomic E-state index is -4.97. The monoisotopic (exact) mass is 1490 g/mol. The summed E-state index contributed by atoms with van der Waals surface area (Å²) in [5.74, 6) is 0.219. The van der Waals surface area contributed by atoms with Crippen molar-refractivity contribution in [1.29, 1.82) is 0 Å². The predicted molar refractivity (Wildman–Crippen MR) is 418 cm³/mol. The third kappa shape index (κ3) is 74.4. The van der Waals surface area contributed by atoms with E-state index in [-0.39, 0.29) is 25.7 Å². The molecule has 4 unspecified atom stereocenters. The van der Waals surface area contributed by atoms with Crippen molar-refractivity contribution in [1.82, 2.24) is 0 Å². The third-order valence-corrected chi connectivity index (χ3v) is 21.0. The first-order valence-corrected chi connectivity index (χ1v) is 45.2. The molecule has 0 aliphatic heterocycles. The Hall–Kier alpha value is -2.46. The second-order valence-corrected chi connectivity index (χ2v) is 33.3. The molecule has 602 valence electrons. The van der Waals surface area contributed by atoms with E-state index < -0.39 is 97.5 Å². The van der Waals surface area contributed by atoms with E-state index in [1.165, 1.54) is 199 Å². The SMILES string of the molecule is CCCCCC/C=C\C=C/CCCCCCCC(=O)O[C@H](COC(=O)CCCCCCCCCCCCCCCCCCC(C)C)COP(=O)(O)OCC(O)COP(=O)(O)OC[C@@H](COC(=O)CCCCCCCCCC(C)C)OC(=O)CCCCCCCCCCCCCCCCC(C)CC. The lowest BCUT2D eigenvalue weighted by Crippen LogP contribution is -2.30. The molecular weight excluding hydrogens is 1330 g/mol. The van der Waals surface area contributed by atoms with Crippen LogP contribution >= 0.6 is 15.6 Å². The maximum Gasteiger partial charge on any atom is 0.472 e. The molecule has 102 heavy (non-hydrogen) atoms. The molecule has 17 nitrogen and oxygen atoms in total. The molecule has 0 spiro atoms. The highest BCUT2D eigenvalue weighted by Crippen LogP contribution is 2.45. The van der Waals surface area contributed by atoms with Crippen LogP contribution in [-0.2, 0) is 65.4 Å². The number of allylic oxidation sites excluding steroid dienone is 4. The average Bonchev–Trinajstić information content (AvgIpc) is 0.928. The molecule has 0 heterocycles. The Labute approximate surface area is 624 Å². The van der Waals surface area contributed by atoms with Gasteiger partial charge in [-0.25, -0.2) is 9.13 Å². The van der Waals surface area contributed by atoms with Gasteiger partial charge in [0.1, 0.15) is 19.3 Å². The van der Waals surface area contributed by atoms with E-state index in [0.29, 0.717) is 31.6 Å². The summed E-state index contributed by atoms with van der Waals surface area (Å²) < 4.78 is 68.7. The van der Waals surface area contributed by atoms with Gasteiger partial charge < -0.3 is 33.8 Å². The van der Waals surface area contributed by atoms with Gasteiger partial charge in [-0.2, -0.15) is 0 Å². The lowest BCUT2D eigenvalue weighted by Gasteiger charge is -2.21. The van der Waals surface area contributed by atoms with Gasteiger partial charge in [0.2, 0.25) is 0 Å². The number of carbonyl (C=O) groups is 4. The van der Waals surface area contributed by atoms with E-state index in [4.69, 9.17) is 37.0 Å². The number of ether oxygens (including phenoxy) is 4. The summed E-state index contributed by atoms with van der Waals surface area (Å²) in [6, 6.07) is 0. The second kappa shape index (κ2) is 72.7. The summed E-state index contributed by atoms with van der Waals surface area (Å²) in [5, 5.41) is 10.6. The summed E-state index contributed by atoms with van der Waals surface area (Å²) in [5.41, 5.74) is 0. The Morgan fingerprint density at radius 3 is 0.873 bits per heavy atom. The fourth-order valence-electron chi connectivity index (χ4n) is 12.3. The van der Waals surface area contributed by atoms with Crippen molar-refractivity contribution in [3.63, 3.8) is 0 Å². The Morgan fingerprint density at radius 1 is 0.324 bits per heavy atom. The van der Waals surface area contributed by atoms with E-state index >= 15 is 0 Å². The van der Waals surface area contributed by atoms with Crippen LogP contribution in [0, 0.1) is 17.8 Å². The number of phosphoric ester groups is 2. The summed E-state index contributed by atoms with van der Waals surface area (Å²) in [6.07, 6.45) is 64.7. The van der Waals surface area contributed by atoms with Crippen molar-refractivity contribution < 1.29 is 80.2 Å². The highest BCUT2D eigenvalue weighted by molar-refractivity contribution is 7.47. The first kappa shape index (κ1) is 99.5. The summed E-state index contributed by atoms with van der Waals surface area (Å²) in [4.78, 5) is 73.1. The van der Waals surface area contributed by atoms with Gasteiger partial charge in [0.15, 0.2) is 12.2 Å². The summed E-state index contributed by atoms with van der Waals surface area (Å²) >= 11 is 0. The molecular formula is C83H158O17P2.